The van der Waals surface area contributed by atoms with Gasteiger partial charge in [-0.3, -0.25) is 9.59 Å². The van der Waals surface area contributed by atoms with Crippen LogP contribution >= 0.6 is 0 Å². The van der Waals surface area contributed by atoms with Crippen molar-refractivity contribution in [3.05, 3.63) is 77.9 Å². The molecule has 1 aliphatic rings. The monoisotopic (exact) mass is 403 g/mol. The van der Waals surface area contributed by atoms with E-state index in [1.165, 1.54) is 6.08 Å². The molecule has 1 N–H and O–H groups in total. The zero-order valence-electron chi connectivity index (χ0n) is 16.8. The third-order valence-corrected chi connectivity index (χ3v) is 5.18. The first-order chi connectivity index (χ1) is 14.6. The van der Waals surface area contributed by atoms with Gasteiger partial charge in [-0.15, -0.1) is 0 Å². The Hall–Kier alpha value is -3.59. The van der Waals surface area contributed by atoms with Crippen LogP contribution in [0.2, 0.25) is 0 Å². The van der Waals surface area contributed by atoms with Gasteiger partial charge in [-0.1, -0.05) is 30.8 Å². The maximum atomic E-state index is 12.8. The van der Waals surface area contributed by atoms with Crippen molar-refractivity contribution in [3.63, 3.8) is 0 Å². The van der Waals surface area contributed by atoms with Gasteiger partial charge in [0.05, 0.1) is 18.1 Å². The number of likely N-dealkylation sites (tertiary alicyclic amines) is 1. The van der Waals surface area contributed by atoms with Crippen LogP contribution in [0.4, 0.5) is 0 Å². The molecule has 2 aromatic carbocycles. The van der Waals surface area contributed by atoms with Gasteiger partial charge in [0.2, 0.25) is 11.8 Å². The van der Waals surface area contributed by atoms with Crippen LogP contribution in [0.3, 0.4) is 0 Å². The van der Waals surface area contributed by atoms with E-state index in [1.807, 2.05) is 29.2 Å². The second kappa shape index (κ2) is 10.3. The number of ether oxygens (including phenoxy) is 1. The van der Waals surface area contributed by atoms with Gasteiger partial charge in [0.1, 0.15) is 11.9 Å². The topological polar surface area (TPSA) is 82.4 Å². The van der Waals surface area contributed by atoms with Gasteiger partial charge < -0.3 is 15.0 Å². The van der Waals surface area contributed by atoms with Crippen molar-refractivity contribution in [3.8, 4) is 11.8 Å². The van der Waals surface area contributed by atoms with Crippen LogP contribution in [0.25, 0.3) is 0 Å². The van der Waals surface area contributed by atoms with E-state index in [0.717, 1.165) is 29.7 Å². The molecule has 2 amide bonds. The fourth-order valence-corrected chi connectivity index (χ4v) is 3.46. The molecule has 1 heterocycles. The Morgan fingerprint density at radius 2 is 1.80 bits per heavy atom. The number of hydrogen-bond acceptors (Lipinski definition) is 4. The molecule has 0 aliphatic carbocycles. The predicted molar refractivity (Wildman–Crippen MR) is 114 cm³/mol. The maximum absolute atomic E-state index is 12.8. The van der Waals surface area contributed by atoms with Gasteiger partial charge in [0.15, 0.2) is 0 Å². The van der Waals surface area contributed by atoms with Crippen LogP contribution in [0.5, 0.6) is 5.75 Å². The second-order valence-corrected chi connectivity index (χ2v) is 7.20. The van der Waals surface area contributed by atoms with Crippen molar-refractivity contribution in [2.45, 2.75) is 31.9 Å². The van der Waals surface area contributed by atoms with Crippen molar-refractivity contribution >= 4 is 11.8 Å². The number of carbonyl (C=O) groups is 2. The number of hydrogen-bond donors (Lipinski definition) is 1. The molecule has 0 radical (unpaired) electrons. The molecule has 3 rings (SSSR count). The molecule has 0 spiro atoms. The summed E-state index contributed by atoms with van der Waals surface area (Å²) in [5, 5.41) is 11.6. The highest BCUT2D eigenvalue weighted by atomic mass is 16.5. The number of rotatable bonds is 7. The van der Waals surface area contributed by atoms with Crippen molar-refractivity contribution in [2.24, 2.45) is 0 Å². The van der Waals surface area contributed by atoms with Crippen LogP contribution in [0.15, 0.2) is 61.2 Å². The van der Waals surface area contributed by atoms with Gasteiger partial charge in [-0.05, 0) is 41.5 Å². The molecule has 0 bridgehead atoms. The van der Waals surface area contributed by atoms with Crippen molar-refractivity contribution in [2.75, 3.05) is 13.1 Å². The molecule has 0 unspecified atom stereocenters. The highest BCUT2D eigenvalue weighted by Gasteiger charge is 2.24. The van der Waals surface area contributed by atoms with Gasteiger partial charge in [0, 0.05) is 32.5 Å². The molecular formula is C24H25N3O3. The molecule has 1 fully saturated rings. The lowest BCUT2D eigenvalue weighted by atomic mass is 10.0. The lowest BCUT2D eigenvalue weighted by Crippen LogP contribution is -2.42. The number of piperidine rings is 1. The molecular weight excluding hydrogens is 378 g/mol. The highest BCUT2D eigenvalue weighted by molar-refractivity contribution is 5.86. The first-order valence-corrected chi connectivity index (χ1v) is 10.0. The molecule has 6 nitrogen and oxygen atoms in total. The largest absolute Gasteiger partial charge is 0.490 e. The van der Waals surface area contributed by atoms with Crippen molar-refractivity contribution in [1.82, 2.24) is 10.2 Å². The van der Waals surface area contributed by atoms with Crippen LogP contribution in [-0.2, 0) is 22.6 Å². The van der Waals surface area contributed by atoms with Crippen molar-refractivity contribution < 1.29 is 14.3 Å². The Balaban J connectivity index is 1.51. The van der Waals surface area contributed by atoms with E-state index >= 15 is 0 Å². The summed E-state index contributed by atoms with van der Waals surface area (Å²) in [6.45, 7) is 5.11. The number of carbonyl (C=O) groups excluding carboxylic acids is 2. The highest BCUT2D eigenvalue weighted by Crippen LogP contribution is 2.20. The minimum atomic E-state index is -0.236. The number of nitriles is 1. The first-order valence-electron chi connectivity index (χ1n) is 10.0. The number of nitrogens with zero attached hydrogens (tertiary/aromatic N) is 2. The van der Waals surface area contributed by atoms with Gasteiger partial charge in [0.25, 0.3) is 0 Å². The zero-order valence-corrected chi connectivity index (χ0v) is 16.8. The summed E-state index contributed by atoms with van der Waals surface area (Å²) in [5.41, 5.74) is 2.45. The first kappa shape index (κ1) is 21.1. The summed E-state index contributed by atoms with van der Waals surface area (Å²) in [6.07, 6.45) is 3.13. The Morgan fingerprint density at radius 1 is 1.13 bits per heavy atom. The third-order valence-electron chi connectivity index (χ3n) is 5.18. The van der Waals surface area contributed by atoms with Gasteiger partial charge >= 0.3 is 0 Å². The Kier molecular flexibility index (Phi) is 7.23. The van der Waals surface area contributed by atoms with Crippen LogP contribution in [0.1, 0.15) is 29.5 Å². The smallest absolute Gasteiger partial charge is 0.243 e. The second-order valence-electron chi connectivity index (χ2n) is 7.20. The number of amides is 2. The molecule has 2 aromatic rings. The molecule has 0 aromatic heterocycles. The minimum absolute atomic E-state index is 0.0587. The minimum Gasteiger partial charge on any atom is -0.490 e. The van der Waals surface area contributed by atoms with Crippen LogP contribution in [0, 0.1) is 11.3 Å². The molecule has 0 saturated carbocycles. The summed E-state index contributed by atoms with van der Waals surface area (Å²) in [6, 6.07) is 16.8. The third kappa shape index (κ3) is 5.71. The van der Waals surface area contributed by atoms with E-state index in [4.69, 9.17) is 10.00 Å². The number of benzene rings is 2. The Morgan fingerprint density at radius 3 is 2.43 bits per heavy atom. The Bertz CT molecular complexity index is 939. The average molecular weight is 403 g/mol. The summed E-state index contributed by atoms with van der Waals surface area (Å²) >= 11 is 0. The Labute approximate surface area is 176 Å². The molecule has 30 heavy (non-hydrogen) atoms. The summed E-state index contributed by atoms with van der Waals surface area (Å²) in [4.78, 5) is 26.1. The predicted octanol–water partition coefficient (Wildman–Crippen LogP) is 2.97. The standard InChI is InChI=1S/C24H25N3O3/c1-2-23(28)26-17-20-6-4-3-5-19(20)15-24(29)27-13-11-22(12-14-27)30-21-9-7-18(16-25)8-10-21/h2-10,22H,1,11-15,17H2,(H,26,28). The molecule has 0 atom stereocenters. The molecule has 154 valence electrons. The summed E-state index contributed by atoms with van der Waals surface area (Å²) in [7, 11) is 0. The zero-order chi connectivity index (χ0) is 21.3. The fraction of sp³-hybridized carbons (Fsp3) is 0.292. The summed E-state index contributed by atoms with van der Waals surface area (Å²) in [5.74, 6) is 0.587. The summed E-state index contributed by atoms with van der Waals surface area (Å²) < 4.78 is 5.99. The average Bonchev–Trinajstić information content (AvgIpc) is 2.79. The lowest BCUT2D eigenvalue weighted by molar-refractivity contribution is -0.132. The van der Waals surface area contributed by atoms with E-state index in [-0.39, 0.29) is 17.9 Å². The SMILES string of the molecule is C=CC(=O)NCc1ccccc1CC(=O)N1CCC(Oc2ccc(C#N)cc2)CC1. The maximum Gasteiger partial charge on any atom is 0.243 e. The van der Waals surface area contributed by atoms with Crippen LogP contribution < -0.4 is 10.1 Å². The van der Waals surface area contributed by atoms with Crippen LogP contribution in [-0.4, -0.2) is 35.9 Å². The van der Waals surface area contributed by atoms with Crippen molar-refractivity contribution in [1.29, 1.82) is 5.26 Å². The molecule has 1 aliphatic heterocycles. The number of nitrogens with one attached hydrogen (secondary N) is 1. The van der Waals surface area contributed by atoms with E-state index in [9.17, 15) is 9.59 Å². The van der Waals surface area contributed by atoms with E-state index < -0.39 is 0 Å². The fourth-order valence-electron chi connectivity index (χ4n) is 3.46. The van der Waals surface area contributed by atoms with Gasteiger partial charge in [-0.25, -0.2) is 0 Å². The normalized spacial score (nSPS) is 13.9. The molecule has 1 saturated heterocycles. The van der Waals surface area contributed by atoms with E-state index in [0.29, 0.717) is 31.6 Å². The van der Waals surface area contributed by atoms with E-state index in [2.05, 4.69) is 18.0 Å². The van der Waals surface area contributed by atoms with E-state index in [1.54, 1.807) is 24.3 Å². The van der Waals surface area contributed by atoms with Gasteiger partial charge in [-0.2, -0.15) is 5.26 Å². The molecule has 6 heteroatoms. The lowest BCUT2D eigenvalue weighted by Gasteiger charge is -2.32. The quantitative estimate of drug-likeness (QED) is 0.721.